The Morgan fingerprint density at radius 1 is 1.33 bits per heavy atom. The number of hydrogen-bond donors (Lipinski definition) is 0. The molecule has 0 saturated carbocycles. The van der Waals surface area contributed by atoms with Gasteiger partial charge in [0.25, 0.3) is 0 Å². The largest absolute Gasteiger partial charge is 0.352 e. The third kappa shape index (κ3) is 1.03. The molecule has 5 heteroatoms. The van der Waals surface area contributed by atoms with Crippen molar-refractivity contribution >= 4 is 23.3 Å². The fraction of sp³-hybridized carbons (Fsp3) is 0.200. The monoisotopic (exact) mass is 200 g/mol. The highest BCUT2D eigenvalue weighted by molar-refractivity contribution is 6.62. The summed E-state index contributed by atoms with van der Waals surface area (Å²) in [6, 6.07) is 0. The summed E-state index contributed by atoms with van der Waals surface area (Å²) in [5.74, 6) is -0.0812. The molecule has 2 heterocycles. The SMILES string of the molecule is CN1CN=C2C(=O)C=c3nccnc3=C21. The predicted octanol–water partition coefficient (Wildman–Crippen LogP) is -1.71. The van der Waals surface area contributed by atoms with E-state index in [-0.39, 0.29) is 5.78 Å². The number of aromatic nitrogens is 2. The van der Waals surface area contributed by atoms with Crippen LogP contribution in [0.2, 0.25) is 0 Å². The highest BCUT2D eigenvalue weighted by atomic mass is 16.1. The topological polar surface area (TPSA) is 58.5 Å². The molecule has 1 aromatic heterocycles. The fourth-order valence-corrected chi connectivity index (χ4v) is 1.82. The lowest BCUT2D eigenvalue weighted by Crippen LogP contribution is -2.43. The molecule has 0 unspecified atom stereocenters. The molecule has 0 aromatic carbocycles. The minimum Gasteiger partial charge on any atom is -0.352 e. The van der Waals surface area contributed by atoms with E-state index in [9.17, 15) is 4.79 Å². The van der Waals surface area contributed by atoms with Crippen LogP contribution in [0.1, 0.15) is 0 Å². The van der Waals surface area contributed by atoms with Gasteiger partial charge in [-0.05, 0) is 0 Å². The van der Waals surface area contributed by atoms with Gasteiger partial charge < -0.3 is 4.90 Å². The molecule has 15 heavy (non-hydrogen) atoms. The van der Waals surface area contributed by atoms with Crippen molar-refractivity contribution in [3.8, 4) is 0 Å². The smallest absolute Gasteiger partial charge is 0.208 e. The molecule has 0 spiro atoms. The van der Waals surface area contributed by atoms with Gasteiger partial charge in [-0.25, -0.2) is 0 Å². The van der Waals surface area contributed by atoms with Crippen molar-refractivity contribution in [1.29, 1.82) is 0 Å². The number of nitrogens with zero attached hydrogens (tertiary/aromatic N) is 4. The Morgan fingerprint density at radius 3 is 3.00 bits per heavy atom. The van der Waals surface area contributed by atoms with Gasteiger partial charge in [-0.3, -0.25) is 19.8 Å². The first-order valence-electron chi connectivity index (χ1n) is 4.61. The molecule has 1 aromatic rings. The van der Waals surface area contributed by atoms with Crippen LogP contribution < -0.4 is 10.7 Å². The lowest BCUT2D eigenvalue weighted by atomic mass is 10.1. The van der Waals surface area contributed by atoms with E-state index in [1.54, 1.807) is 12.4 Å². The molecule has 0 bridgehead atoms. The number of Topliss-reactive ketones (excluding diaryl/α,β-unsaturated/α-hetero) is 1. The first-order valence-corrected chi connectivity index (χ1v) is 4.61. The Bertz CT molecular complexity index is 602. The maximum Gasteiger partial charge on any atom is 0.208 e. The fourth-order valence-electron chi connectivity index (χ4n) is 1.82. The average Bonchev–Trinajstić information content (AvgIpc) is 2.62. The summed E-state index contributed by atoms with van der Waals surface area (Å²) < 4.78 is 0. The van der Waals surface area contributed by atoms with E-state index in [2.05, 4.69) is 15.0 Å². The van der Waals surface area contributed by atoms with Crippen LogP contribution in [0.15, 0.2) is 17.4 Å². The zero-order chi connectivity index (χ0) is 10.4. The van der Waals surface area contributed by atoms with Gasteiger partial charge in [0.15, 0.2) is 0 Å². The molecule has 0 amide bonds. The molecule has 74 valence electrons. The van der Waals surface area contributed by atoms with Crippen molar-refractivity contribution in [3.63, 3.8) is 0 Å². The maximum atomic E-state index is 11.7. The van der Waals surface area contributed by atoms with Crippen LogP contribution in [0.5, 0.6) is 0 Å². The molecule has 0 N–H and O–H groups in total. The number of hydrogen-bond acceptors (Lipinski definition) is 5. The summed E-state index contributed by atoms with van der Waals surface area (Å²) >= 11 is 0. The third-order valence-electron chi connectivity index (χ3n) is 2.50. The number of aliphatic imine (C=N–C) groups is 1. The zero-order valence-corrected chi connectivity index (χ0v) is 8.14. The molecule has 1 aliphatic carbocycles. The Balaban J connectivity index is 2.49. The highest BCUT2D eigenvalue weighted by Gasteiger charge is 2.27. The molecule has 0 atom stereocenters. The summed E-state index contributed by atoms with van der Waals surface area (Å²) in [7, 11) is 1.89. The summed E-state index contributed by atoms with van der Waals surface area (Å²) in [5, 5.41) is 1.38. The van der Waals surface area contributed by atoms with Crippen LogP contribution in [0.4, 0.5) is 0 Å². The van der Waals surface area contributed by atoms with Gasteiger partial charge >= 0.3 is 0 Å². The van der Waals surface area contributed by atoms with Gasteiger partial charge in [-0.15, -0.1) is 0 Å². The molecule has 0 fully saturated rings. The van der Waals surface area contributed by atoms with Crippen molar-refractivity contribution in [2.75, 3.05) is 13.7 Å². The molecule has 5 nitrogen and oxygen atoms in total. The standard InChI is InChI=1S/C10H8N4O/c1-14-5-13-9-7(15)4-6-8(10(9)14)12-3-2-11-6/h2-4H,5H2,1H3. The van der Waals surface area contributed by atoms with E-state index in [0.717, 1.165) is 11.0 Å². The lowest BCUT2D eigenvalue weighted by molar-refractivity contribution is -0.107. The zero-order valence-electron chi connectivity index (χ0n) is 8.14. The summed E-state index contributed by atoms with van der Waals surface area (Å²) in [6.07, 6.45) is 4.70. The van der Waals surface area contributed by atoms with E-state index in [1.807, 2.05) is 11.9 Å². The minimum absolute atomic E-state index is 0.0812. The summed E-state index contributed by atoms with van der Waals surface area (Å²) in [5.41, 5.74) is 1.30. The number of carbonyl (C=O) groups excluding carboxylic acids is 1. The Labute approximate surface area is 85.5 Å². The van der Waals surface area contributed by atoms with E-state index >= 15 is 0 Å². The van der Waals surface area contributed by atoms with Gasteiger partial charge in [0.1, 0.15) is 17.7 Å². The molecule has 3 rings (SSSR count). The first kappa shape index (κ1) is 8.28. The van der Waals surface area contributed by atoms with Gasteiger partial charge in [0.05, 0.1) is 11.0 Å². The molecular weight excluding hydrogens is 192 g/mol. The van der Waals surface area contributed by atoms with Gasteiger partial charge in [0.2, 0.25) is 5.78 Å². The normalized spacial score (nSPS) is 18.2. The van der Waals surface area contributed by atoms with Gasteiger partial charge in [0, 0.05) is 25.5 Å². The molecule has 0 saturated heterocycles. The van der Waals surface area contributed by atoms with Gasteiger partial charge in [-0.2, -0.15) is 0 Å². The number of ketones is 1. The predicted molar refractivity (Wildman–Crippen MR) is 54.2 cm³/mol. The molecule has 2 aliphatic rings. The summed E-state index contributed by atoms with van der Waals surface area (Å²) in [6.45, 7) is 0.514. The summed E-state index contributed by atoms with van der Waals surface area (Å²) in [4.78, 5) is 26.1. The van der Waals surface area contributed by atoms with Crippen LogP contribution in [0, 0.1) is 0 Å². The van der Waals surface area contributed by atoms with Crippen LogP contribution in [-0.4, -0.2) is 40.1 Å². The molecule has 0 radical (unpaired) electrons. The number of rotatable bonds is 0. The van der Waals surface area contributed by atoms with Gasteiger partial charge in [-0.1, -0.05) is 0 Å². The second kappa shape index (κ2) is 2.73. The van der Waals surface area contributed by atoms with Crippen LogP contribution >= 0.6 is 0 Å². The Hall–Kier alpha value is -2.04. The molecule has 1 aliphatic heterocycles. The average molecular weight is 200 g/mol. The number of fused-ring (bicyclic) bond motifs is 2. The highest BCUT2D eigenvalue weighted by Crippen LogP contribution is 2.13. The third-order valence-corrected chi connectivity index (χ3v) is 2.50. The van der Waals surface area contributed by atoms with E-state index < -0.39 is 0 Å². The van der Waals surface area contributed by atoms with E-state index in [0.29, 0.717) is 17.7 Å². The van der Waals surface area contributed by atoms with Crippen LogP contribution in [-0.2, 0) is 4.79 Å². The quantitative estimate of drug-likeness (QED) is 0.500. The van der Waals surface area contributed by atoms with Crippen molar-refractivity contribution < 1.29 is 4.79 Å². The molecular formula is C10H8N4O. The lowest BCUT2D eigenvalue weighted by Gasteiger charge is -2.13. The minimum atomic E-state index is -0.0812. The van der Waals surface area contributed by atoms with Crippen LogP contribution in [0.25, 0.3) is 11.8 Å². The first-order chi connectivity index (χ1) is 7.27. The van der Waals surface area contributed by atoms with Crippen molar-refractivity contribution in [1.82, 2.24) is 14.9 Å². The second-order valence-electron chi connectivity index (χ2n) is 3.49. The Morgan fingerprint density at radius 2 is 2.13 bits per heavy atom. The van der Waals surface area contributed by atoms with Crippen molar-refractivity contribution in [3.05, 3.63) is 23.1 Å². The van der Waals surface area contributed by atoms with Crippen LogP contribution in [0.3, 0.4) is 0 Å². The van der Waals surface area contributed by atoms with E-state index in [4.69, 9.17) is 0 Å². The van der Waals surface area contributed by atoms with Crippen molar-refractivity contribution in [2.24, 2.45) is 4.99 Å². The van der Waals surface area contributed by atoms with E-state index in [1.165, 1.54) is 6.08 Å². The maximum absolute atomic E-state index is 11.7. The van der Waals surface area contributed by atoms with Crippen molar-refractivity contribution in [2.45, 2.75) is 0 Å². The number of carbonyl (C=O) groups is 1. The second-order valence-corrected chi connectivity index (χ2v) is 3.49. The Kier molecular flexibility index (Phi) is 1.50.